The van der Waals surface area contributed by atoms with Crippen LogP contribution in [-0.4, -0.2) is 15.2 Å². The van der Waals surface area contributed by atoms with Crippen LogP contribution in [0.4, 0.5) is 0 Å². The van der Waals surface area contributed by atoms with Crippen LogP contribution in [0.3, 0.4) is 0 Å². The topological polar surface area (TPSA) is 29.5 Å². The van der Waals surface area contributed by atoms with Crippen LogP contribution >= 0.6 is 23.4 Å². The molecule has 0 radical (unpaired) electrons. The molecule has 4 heteroatoms. The first-order chi connectivity index (χ1) is 6.74. The third-order valence-corrected chi connectivity index (χ3v) is 3.62. The molecular weight excluding hydrogens is 216 g/mol. The largest absolute Gasteiger partial charge is 0.349 e. The molecule has 1 aromatic carbocycles. The Morgan fingerprint density at radius 3 is 2.57 bits per heavy atom. The van der Waals surface area contributed by atoms with Gasteiger partial charge in [0.05, 0.1) is 6.61 Å². The Bertz CT molecular complexity index is 305. The van der Waals surface area contributed by atoms with Gasteiger partial charge in [-0.15, -0.1) is 12.6 Å². The molecule has 0 aromatic heterocycles. The molecule has 0 aliphatic heterocycles. The van der Waals surface area contributed by atoms with Gasteiger partial charge in [0.2, 0.25) is 0 Å². The lowest BCUT2D eigenvalue weighted by atomic mass is 10.2. The summed E-state index contributed by atoms with van der Waals surface area (Å²) >= 11 is 3.88. The maximum absolute atomic E-state index is 9.16. The zero-order valence-corrected chi connectivity index (χ0v) is 9.72. The molecular formula is C10H14O2S2. The molecule has 1 atom stereocenters. The van der Waals surface area contributed by atoms with Gasteiger partial charge in [-0.25, -0.2) is 0 Å². The van der Waals surface area contributed by atoms with Gasteiger partial charge in [-0.1, -0.05) is 37.3 Å². The molecule has 2 nitrogen and oxygen atoms in total. The predicted octanol–water partition coefficient (Wildman–Crippen LogP) is 2.98. The molecule has 1 aromatic rings. The number of hydrogen-bond donors (Lipinski definition) is 2. The minimum Gasteiger partial charge on any atom is -0.349 e. The highest BCUT2D eigenvalue weighted by Crippen LogP contribution is 2.19. The van der Waals surface area contributed by atoms with E-state index in [0.29, 0.717) is 6.61 Å². The van der Waals surface area contributed by atoms with Crippen molar-refractivity contribution in [3.63, 3.8) is 0 Å². The minimum atomic E-state index is -0.547. The summed E-state index contributed by atoms with van der Waals surface area (Å²) in [5.41, 5.74) is 1.10. The van der Waals surface area contributed by atoms with Crippen molar-refractivity contribution in [3.8, 4) is 0 Å². The lowest BCUT2D eigenvalue weighted by Crippen LogP contribution is -1.94. The van der Waals surface area contributed by atoms with E-state index in [0.717, 1.165) is 11.3 Å². The Morgan fingerprint density at radius 2 is 2.07 bits per heavy atom. The molecule has 0 heterocycles. The number of hydrogen-bond acceptors (Lipinski definition) is 1. The minimum absolute atomic E-state index is 0.0726. The first-order valence-electron chi connectivity index (χ1n) is 4.37. The van der Waals surface area contributed by atoms with Crippen molar-refractivity contribution in [3.05, 3.63) is 35.9 Å². The Balaban J connectivity index is 2.53. The van der Waals surface area contributed by atoms with E-state index < -0.39 is 10.8 Å². The van der Waals surface area contributed by atoms with E-state index in [-0.39, 0.29) is 4.38 Å². The highest BCUT2D eigenvalue weighted by molar-refractivity contribution is 8.24. The molecule has 1 N–H and O–H groups in total. The average molecular weight is 230 g/mol. The van der Waals surface area contributed by atoms with Gasteiger partial charge in [-0.05, 0) is 16.3 Å². The number of rotatable bonds is 4. The summed E-state index contributed by atoms with van der Waals surface area (Å²) in [6, 6.07) is 9.88. The van der Waals surface area contributed by atoms with Gasteiger partial charge in [-0.3, -0.25) is 0 Å². The third kappa shape index (κ3) is 3.84. The van der Waals surface area contributed by atoms with Crippen LogP contribution in [0, 0.1) is 0 Å². The second kappa shape index (κ2) is 6.24. The lowest BCUT2D eigenvalue weighted by Gasteiger charge is -2.08. The van der Waals surface area contributed by atoms with E-state index in [1.165, 1.54) is 0 Å². The quantitative estimate of drug-likeness (QED) is 0.615. The van der Waals surface area contributed by atoms with Gasteiger partial charge < -0.3 is 9.29 Å². The van der Waals surface area contributed by atoms with Crippen LogP contribution in [0.25, 0.3) is 0 Å². The summed E-state index contributed by atoms with van der Waals surface area (Å²) < 4.78 is 5.58. The molecule has 1 unspecified atom stereocenters. The van der Waals surface area contributed by atoms with Gasteiger partial charge in [-0.2, -0.15) is 0 Å². The summed E-state index contributed by atoms with van der Waals surface area (Å²) in [6.45, 7) is 2.48. The number of thiol groups is 1. The highest BCUT2D eigenvalue weighted by Gasteiger charge is 1.98. The number of aliphatic hydroxyl groups excluding tert-OH is 1. The van der Waals surface area contributed by atoms with Crippen molar-refractivity contribution in [2.45, 2.75) is 13.5 Å². The highest BCUT2D eigenvalue weighted by atomic mass is 32.2. The van der Waals surface area contributed by atoms with Crippen molar-refractivity contribution >= 4 is 27.8 Å². The molecule has 0 spiro atoms. The lowest BCUT2D eigenvalue weighted by molar-refractivity contribution is 0.361. The SMILES string of the molecule is CCS(OCc1ccccc1)=C(O)S. The van der Waals surface area contributed by atoms with Gasteiger partial charge in [0, 0.05) is 5.75 Å². The van der Waals surface area contributed by atoms with E-state index in [4.69, 9.17) is 9.29 Å². The van der Waals surface area contributed by atoms with Crippen molar-refractivity contribution in [2.24, 2.45) is 0 Å². The van der Waals surface area contributed by atoms with E-state index in [1.807, 2.05) is 37.3 Å². The normalized spacial score (nSPS) is 13.8. The van der Waals surface area contributed by atoms with E-state index >= 15 is 0 Å². The second-order valence-corrected chi connectivity index (χ2v) is 5.28. The van der Waals surface area contributed by atoms with Crippen LogP contribution in [0.5, 0.6) is 0 Å². The van der Waals surface area contributed by atoms with Crippen molar-refractivity contribution in [2.75, 3.05) is 5.75 Å². The standard InChI is InChI=1S/C10H14O2S2/c1-2-14(10(11)13)12-8-9-6-4-3-5-7-9/h3-7,11,13H,2,8H2,1H3. The van der Waals surface area contributed by atoms with E-state index in [9.17, 15) is 0 Å². The Labute approximate surface area is 92.5 Å². The fraction of sp³-hybridized carbons (Fsp3) is 0.300. The van der Waals surface area contributed by atoms with Crippen molar-refractivity contribution < 1.29 is 9.29 Å². The summed E-state index contributed by atoms with van der Waals surface area (Å²) in [6.07, 6.45) is 0. The fourth-order valence-corrected chi connectivity index (χ4v) is 2.33. The Kier molecular flexibility index (Phi) is 5.25. The molecule has 14 heavy (non-hydrogen) atoms. The molecule has 0 aliphatic carbocycles. The Hall–Kier alpha value is -0.290. The van der Waals surface area contributed by atoms with Crippen molar-refractivity contribution in [1.82, 2.24) is 0 Å². The molecule has 1 rings (SSSR count). The van der Waals surface area contributed by atoms with Crippen molar-refractivity contribution in [1.29, 1.82) is 0 Å². The fourth-order valence-electron chi connectivity index (χ4n) is 0.979. The monoisotopic (exact) mass is 230 g/mol. The molecule has 0 aliphatic rings. The zero-order chi connectivity index (χ0) is 10.4. The Morgan fingerprint density at radius 1 is 1.43 bits per heavy atom. The first kappa shape index (κ1) is 11.8. The summed E-state index contributed by atoms with van der Waals surface area (Å²) in [7, 11) is -0.547. The molecule has 0 saturated carbocycles. The molecule has 0 fully saturated rings. The van der Waals surface area contributed by atoms with E-state index in [1.54, 1.807) is 0 Å². The zero-order valence-electron chi connectivity index (χ0n) is 8.01. The van der Waals surface area contributed by atoms with Crippen LogP contribution in [-0.2, 0) is 10.8 Å². The van der Waals surface area contributed by atoms with Gasteiger partial charge in [0.1, 0.15) is 0 Å². The van der Waals surface area contributed by atoms with Gasteiger partial charge in [0.25, 0.3) is 0 Å². The van der Waals surface area contributed by atoms with Crippen LogP contribution in [0.2, 0.25) is 0 Å². The summed E-state index contributed by atoms with van der Waals surface area (Å²) in [5.74, 6) is 0.752. The summed E-state index contributed by atoms with van der Waals surface area (Å²) in [5, 5.41) is 9.16. The number of aliphatic hydroxyl groups is 1. The third-order valence-electron chi connectivity index (χ3n) is 1.68. The number of benzene rings is 1. The van der Waals surface area contributed by atoms with Crippen LogP contribution < -0.4 is 0 Å². The van der Waals surface area contributed by atoms with E-state index in [2.05, 4.69) is 12.6 Å². The maximum Gasteiger partial charge on any atom is 0.152 e. The van der Waals surface area contributed by atoms with Gasteiger partial charge in [0.15, 0.2) is 4.38 Å². The predicted molar refractivity (Wildman–Crippen MR) is 66.0 cm³/mol. The molecule has 0 saturated heterocycles. The first-order valence-corrected chi connectivity index (χ1v) is 6.13. The average Bonchev–Trinajstić information content (AvgIpc) is 2.20. The summed E-state index contributed by atoms with van der Waals surface area (Å²) in [4.78, 5) is 0. The smallest absolute Gasteiger partial charge is 0.152 e. The second-order valence-electron chi connectivity index (χ2n) is 2.66. The molecule has 78 valence electrons. The molecule has 0 bridgehead atoms. The van der Waals surface area contributed by atoms with Crippen LogP contribution in [0.1, 0.15) is 12.5 Å². The maximum atomic E-state index is 9.16. The van der Waals surface area contributed by atoms with Gasteiger partial charge >= 0.3 is 0 Å². The molecule has 0 amide bonds. The van der Waals surface area contributed by atoms with Crippen LogP contribution in [0.15, 0.2) is 30.3 Å².